The first kappa shape index (κ1) is 60.5. The van der Waals surface area contributed by atoms with Gasteiger partial charge in [-0.1, -0.05) is 0 Å². The maximum atomic E-state index is 0. The molecule has 36 valence electrons. The molecule has 6 heteroatoms. The van der Waals surface area contributed by atoms with Crippen LogP contribution in [0.4, 0.5) is 0 Å². The van der Waals surface area contributed by atoms with Crippen molar-refractivity contribution < 1.29 is 104 Å². The molecule has 0 aromatic rings. The largest absolute Gasteiger partial charge is 0 e. The van der Waals surface area contributed by atoms with Crippen LogP contribution in [0.5, 0.6) is 0 Å². The van der Waals surface area contributed by atoms with E-state index in [9.17, 15) is 0 Å². The molecule has 0 aromatic carbocycles. The molecular formula is Cr6. The molecule has 0 bridgehead atoms. The Labute approximate surface area is 103 Å². The Morgan fingerprint density at radius 1 is 0.167 bits per heavy atom. The zero-order valence-electron chi connectivity index (χ0n) is 2.45. The molecule has 0 fully saturated rings. The molecule has 0 aliphatic carbocycles. The SMILES string of the molecule is [Cr].[Cr].[Cr].[Cr].[Cr].[Cr]. The number of rotatable bonds is 0. The third kappa shape index (κ3) is 27.1. The number of hydrogen-bond donors (Lipinski definition) is 0. The summed E-state index contributed by atoms with van der Waals surface area (Å²) in [5.41, 5.74) is 0. The molecule has 0 saturated carbocycles. The van der Waals surface area contributed by atoms with E-state index in [1.165, 1.54) is 0 Å². The molecule has 0 rings (SSSR count). The van der Waals surface area contributed by atoms with Crippen LogP contribution in [0.1, 0.15) is 0 Å². The Kier molecular flexibility index (Phi) is 419. The summed E-state index contributed by atoms with van der Waals surface area (Å²) in [6.07, 6.45) is 0. The van der Waals surface area contributed by atoms with Gasteiger partial charge in [-0.15, -0.1) is 0 Å². The zero-order chi connectivity index (χ0) is 0. The zero-order valence-corrected chi connectivity index (χ0v) is 10.1. The second kappa shape index (κ2) is 41.6. The van der Waals surface area contributed by atoms with Gasteiger partial charge in [0, 0.05) is 104 Å². The molecular weight excluding hydrogens is 312 g/mol. The van der Waals surface area contributed by atoms with Crippen LogP contribution in [-0.4, -0.2) is 0 Å². The smallest absolute Gasteiger partial charge is 0 e. The quantitative estimate of drug-likeness (QED) is 0.590. The van der Waals surface area contributed by atoms with Gasteiger partial charge in [-0.25, -0.2) is 0 Å². The van der Waals surface area contributed by atoms with Crippen molar-refractivity contribution in [1.82, 2.24) is 0 Å². The fourth-order valence-electron chi connectivity index (χ4n) is 0. The average molecular weight is 312 g/mol. The topological polar surface area (TPSA) is 0 Å². The van der Waals surface area contributed by atoms with Crippen LogP contribution in [0.2, 0.25) is 0 Å². The second-order valence-electron chi connectivity index (χ2n) is 0. The first-order chi connectivity index (χ1) is 0. The van der Waals surface area contributed by atoms with E-state index in [0.29, 0.717) is 0 Å². The molecule has 0 aliphatic heterocycles. The summed E-state index contributed by atoms with van der Waals surface area (Å²) < 4.78 is 0. The van der Waals surface area contributed by atoms with E-state index in [0.717, 1.165) is 0 Å². The first-order valence-corrected chi connectivity index (χ1v) is 0. The van der Waals surface area contributed by atoms with Gasteiger partial charge in [0.1, 0.15) is 0 Å². The predicted octanol–water partition coefficient (Wildman–Crippen LogP) is -0.0150. The molecule has 0 nitrogen and oxygen atoms in total. The van der Waals surface area contributed by atoms with Gasteiger partial charge in [0.2, 0.25) is 0 Å². The van der Waals surface area contributed by atoms with Crippen LogP contribution < -0.4 is 0 Å². The number of hydrogen-bond acceptors (Lipinski definition) is 0. The van der Waals surface area contributed by atoms with E-state index in [2.05, 4.69) is 0 Å². The van der Waals surface area contributed by atoms with Crippen molar-refractivity contribution in [3.63, 3.8) is 0 Å². The maximum absolute atomic E-state index is 0. The summed E-state index contributed by atoms with van der Waals surface area (Å²) in [5, 5.41) is 0. The second-order valence-corrected chi connectivity index (χ2v) is 0. The molecule has 0 spiro atoms. The van der Waals surface area contributed by atoms with Crippen molar-refractivity contribution in [3.05, 3.63) is 0 Å². The van der Waals surface area contributed by atoms with Gasteiger partial charge in [-0.3, -0.25) is 0 Å². The van der Waals surface area contributed by atoms with Crippen LogP contribution in [0.3, 0.4) is 0 Å². The van der Waals surface area contributed by atoms with Crippen LogP contribution >= 0.6 is 0 Å². The average Bonchev–Trinajstić information content (AvgIpc) is 0. The molecule has 0 saturated heterocycles. The summed E-state index contributed by atoms with van der Waals surface area (Å²) in [6.45, 7) is 0. The third-order valence-electron chi connectivity index (χ3n) is 0. The molecule has 0 N–H and O–H groups in total. The Morgan fingerprint density at radius 3 is 0.167 bits per heavy atom. The van der Waals surface area contributed by atoms with E-state index in [-0.39, 0.29) is 104 Å². The first-order valence-electron chi connectivity index (χ1n) is 0. The third-order valence-corrected chi connectivity index (χ3v) is 0. The molecule has 0 radical (unpaired) electrons. The van der Waals surface area contributed by atoms with Gasteiger partial charge in [0.25, 0.3) is 0 Å². The van der Waals surface area contributed by atoms with Crippen LogP contribution in [0, 0.1) is 0 Å². The minimum Gasteiger partial charge on any atom is 0 e. The monoisotopic (exact) mass is 312 g/mol. The van der Waals surface area contributed by atoms with Gasteiger partial charge < -0.3 is 0 Å². The Balaban J connectivity index is 0. The Hall–Kier alpha value is 3.19. The van der Waals surface area contributed by atoms with E-state index in [1.807, 2.05) is 0 Å². The van der Waals surface area contributed by atoms with Crippen molar-refractivity contribution >= 4 is 0 Å². The molecule has 0 unspecified atom stereocenters. The van der Waals surface area contributed by atoms with Crippen molar-refractivity contribution in [3.8, 4) is 0 Å². The van der Waals surface area contributed by atoms with E-state index in [4.69, 9.17) is 0 Å². The van der Waals surface area contributed by atoms with Crippen molar-refractivity contribution in [2.75, 3.05) is 0 Å². The van der Waals surface area contributed by atoms with Crippen LogP contribution in [-0.2, 0) is 104 Å². The molecule has 0 aliphatic rings. The van der Waals surface area contributed by atoms with Crippen LogP contribution in [0.25, 0.3) is 0 Å². The Morgan fingerprint density at radius 2 is 0.167 bits per heavy atom. The Bertz CT molecular complexity index is 0. The summed E-state index contributed by atoms with van der Waals surface area (Å²) in [4.78, 5) is 0. The van der Waals surface area contributed by atoms with E-state index >= 15 is 0 Å². The van der Waals surface area contributed by atoms with Gasteiger partial charge in [-0.05, 0) is 0 Å². The fraction of sp³-hybridized carbons (Fsp3) is 0. The summed E-state index contributed by atoms with van der Waals surface area (Å²) in [7, 11) is 0. The molecule has 0 amide bonds. The molecule has 6 heavy (non-hydrogen) atoms. The normalized spacial score (nSPS) is 0. The summed E-state index contributed by atoms with van der Waals surface area (Å²) in [6, 6.07) is 0. The minimum atomic E-state index is 0. The molecule has 0 heterocycles. The summed E-state index contributed by atoms with van der Waals surface area (Å²) in [5.74, 6) is 0. The van der Waals surface area contributed by atoms with Gasteiger partial charge >= 0.3 is 0 Å². The summed E-state index contributed by atoms with van der Waals surface area (Å²) >= 11 is 0. The predicted molar refractivity (Wildman–Crippen MR) is 0 cm³/mol. The van der Waals surface area contributed by atoms with Gasteiger partial charge in [-0.2, -0.15) is 0 Å². The van der Waals surface area contributed by atoms with Crippen molar-refractivity contribution in [1.29, 1.82) is 0 Å². The van der Waals surface area contributed by atoms with Gasteiger partial charge in [0.05, 0.1) is 0 Å². The minimum absolute atomic E-state index is 0. The van der Waals surface area contributed by atoms with Gasteiger partial charge in [0.15, 0.2) is 0 Å². The van der Waals surface area contributed by atoms with E-state index < -0.39 is 0 Å². The van der Waals surface area contributed by atoms with Crippen LogP contribution in [0.15, 0.2) is 0 Å². The van der Waals surface area contributed by atoms with E-state index in [1.54, 1.807) is 0 Å². The maximum Gasteiger partial charge on any atom is 0 e. The fourth-order valence-corrected chi connectivity index (χ4v) is 0. The van der Waals surface area contributed by atoms with Crippen molar-refractivity contribution in [2.24, 2.45) is 0 Å². The van der Waals surface area contributed by atoms with Crippen molar-refractivity contribution in [2.45, 2.75) is 0 Å². The molecule has 0 atom stereocenters. The standard InChI is InChI=1S/6Cr. The molecule has 0 aromatic heterocycles.